The van der Waals surface area contributed by atoms with Crippen molar-refractivity contribution in [1.82, 2.24) is 4.98 Å². The number of aromatic nitrogens is 1. The summed E-state index contributed by atoms with van der Waals surface area (Å²) in [5.41, 5.74) is 4.97. The number of nitrogens with zero attached hydrogens (tertiary/aromatic N) is 2. The second kappa shape index (κ2) is 4.80. The molecule has 2 aromatic rings. The maximum absolute atomic E-state index is 11.9. The third kappa shape index (κ3) is 2.28. The van der Waals surface area contributed by atoms with E-state index in [-0.39, 0.29) is 11.3 Å². The second-order valence-corrected chi connectivity index (χ2v) is 4.19. The molecule has 0 saturated heterocycles. The van der Waals surface area contributed by atoms with Gasteiger partial charge in [-0.05, 0) is 12.1 Å². The van der Waals surface area contributed by atoms with E-state index in [0.717, 1.165) is 0 Å². The Morgan fingerprint density at radius 1 is 1.50 bits per heavy atom. The molecule has 1 aromatic heterocycles. The Hall–Kier alpha value is -2.48. The van der Waals surface area contributed by atoms with E-state index in [1.165, 1.54) is 35.7 Å². The van der Waals surface area contributed by atoms with Gasteiger partial charge in [0.25, 0.3) is 5.91 Å². The van der Waals surface area contributed by atoms with Gasteiger partial charge in [0.1, 0.15) is 11.3 Å². The van der Waals surface area contributed by atoms with Crippen molar-refractivity contribution in [3.05, 3.63) is 45.5 Å². The minimum absolute atomic E-state index is 0.0493. The molecule has 0 fully saturated rings. The number of amides is 1. The van der Waals surface area contributed by atoms with Crippen molar-refractivity contribution in [2.75, 3.05) is 11.1 Å². The number of benzene rings is 1. The van der Waals surface area contributed by atoms with Crippen molar-refractivity contribution >= 4 is 33.8 Å². The second-order valence-electron chi connectivity index (χ2n) is 3.29. The van der Waals surface area contributed by atoms with Crippen molar-refractivity contribution in [2.24, 2.45) is 0 Å². The zero-order chi connectivity index (χ0) is 13.1. The molecule has 0 aliphatic rings. The molecule has 0 aliphatic heterocycles. The number of rotatable bonds is 3. The third-order valence-corrected chi connectivity index (χ3v) is 2.84. The van der Waals surface area contributed by atoms with Crippen LogP contribution in [0, 0.1) is 10.1 Å². The van der Waals surface area contributed by atoms with Crippen LogP contribution in [0.4, 0.5) is 16.5 Å². The smallest absolute Gasteiger partial charge is 0.304 e. The molecule has 0 radical (unpaired) electrons. The number of nitrogens with one attached hydrogen (secondary N) is 1. The van der Waals surface area contributed by atoms with Crippen molar-refractivity contribution in [2.45, 2.75) is 0 Å². The fourth-order valence-corrected chi connectivity index (χ4v) is 1.92. The fourth-order valence-electron chi connectivity index (χ4n) is 1.40. The highest BCUT2D eigenvalue weighted by molar-refractivity contribution is 7.13. The van der Waals surface area contributed by atoms with Crippen molar-refractivity contribution in [1.29, 1.82) is 0 Å². The summed E-state index contributed by atoms with van der Waals surface area (Å²) in [6, 6.07) is 4.20. The number of hydrogen-bond acceptors (Lipinski definition) is 6. The zero-order valence-corrected chi connectivity index (χ0v) is 9.81. The summed E-state index contributed by atoms with van der Waals surface area (Å²) in [5.74, 6) is -0.607. The summed E-state index contributed by atoms with van der Waals surface area (Å²) < 4.78 is 0. The monoisotopic (exact) mass is 264 g/mol. The molecule has 1 amide bonds. The average Bonchev–Trinajstić information content (AvgIpc) is 2.80. The molecule has 92 valence electrons. The first-order valence-corrected chi connectivity index (χ1v) is 5.71. The molecule has 2 rings (SSSR count). The van der Waals surface area contributed by atoms with Crippen LogP contribution in [-0.4, -0.2) is 15.8 Å². The molecule has 0 bridgehead atoms. The van der Waals surface area contributed by atoms with E-state index < -0.39 is 16.5 Å². The highest BCUT2D eigenvalue weighted by Crippen LogP contribution is 2.26. The summed E-state index contributed by atoms with van der Waals surface area (Å²) >= 11 is 1.22. The van der Waals surface area contributed by atoms with Crippen molar-refractivity contribution in [3.63, 3.8) is 0 Å². The maximum atomic E-state index is 11.9. The van der Waals surface area contributed by atoms with Gasteiger partial charge in [0, 0.05) is 11.6 Å². The van der Waals surface area contributed by atoms with E-state index in [2.05, 4.69) is 10.3 Å². The summed E-state index contributed by atoms with van der Waals surface area (Å²) in [7, 11) is 0. The van der Waals surface area contributed by atoms with Gasteiger partial charge in [0.15, 0.2) is 5.13 Å². The lowest BCUT2D eigenvalue weighted by atomic mass is 10.1. The van der Waals surface area contributed by atoms with Crippen molar-refractivity contribution < 1.29 is 9.72 Å². The molecule has 0 saturated carbocycles. The number of carbonyl (C=O) groups excluding carboxylic acids is 1. The zero-order valence-electron chi connectivity index (χ0n) is 8.99. The Labute approximate surface area is 105 Å². The van der Waals surface area contributed by atoms with E-state index in [1.54, 1.807) is 5.38 Å². The van der Waals surface area contributed by atoms with Crippen LogP contribution in [0.15, 0.2) is 29.8 Å². The lowest BCUT2D eigenvalue weighted by molar-refractivity contribution is -0.384. The number of carbonyl (C=O) groups is 1. The minimum Gasteiger partial charge on any atom is -0.393 e. The molecule has 0 spiro atoms. The highest BCUT2D eigenvalue weighted by atomic mass is 32.1. The molecule has 1 aromatic carbocycles. The van der Waals surface area contributed by atoms with Gasteiger partial charge in [0.05, 0.1) is 4.92 Å². The Bertz CT molecular complexity index is 597. The Morgan fingerprint density at radius 3 is 2.89 bits per heavy atom. The lowest BCUT2D eigenvalue weighted by Crippen LogP contribution is -2.14. The molecule has 0 atom stereocenters. The maximum Gasteiger partial charge on any atom is 0.304 e. The van der Waals surface area contributed by atoms with E-state index in [9.17, 15) is 14.9 Å². The van der Waals surface area contributed by atoms with Gasteiger partial charge < -0.3 is 5.73 Å². The fraction of sp³-hybridized carbons (Fsp3) is 0. The molecule has 18 heavy (non-hydrogen) atoms. The number of nitro groups is 1. The number of nitrogens with two attached hydrogens (primary N) is 1. The first kappa shape index (κ1) is 12.0. The molecular formula is C10H8N4O3S. The SMILES string of the molecule is Nc1cccc(C(=O)Nc2nccs2)c1[N+](=O)[O-]. The van der Waals surface area contributed by atoms with Gasteiger partial charge in [0.2, 0.25) is 0 Å². The standard InChI is InChI=1S/C10H8N4O3S/c11-7-3-1-2-6(8(7)14(16)17)9(15)13-10-12-4-5-18-10/h1-5H,11H2,(H,12,13,15). The predicted molar refractivity (Wildman–Crippen MR) is 67.6 cm³/mol. The number of anilines is 2. The molecule has 0 aliphatic carbocycles. The van der Waals surface area contributed by atoms with Crippen LogP contribution in [0.1, 0.15) is 10.4 Å². The average molecular weight is 264 g/mol. The van der Waals surface area contributed by atoms with Gasteiger partial charge in [-0.15, -0.1) is 11.3 Å². The van der Waals surface area contributed by atoms with Crippen LogP contribution in [0.25, 0.3) is 0 Å². The number of nitro benzene ring substituents is 1. The molecule has 7 nitrogen and oxygen atoms in total. The van der Waals surface area contributed by atoms with Crippen LogP contribution >= 0.6 is 11.3 Å². The summed E-state index contributed by atoms with van der Waals surface area (Å²) in [6.45, 7) is 0. The topological polar surface area (TPSA) is 111 Å². The van der Waals surface area contributed by atoms with E-state index in [1.807, 2.05) is 0 Å². The Balaban J connectivity index is 2.36. The predicted octanol–water partition coefficient (Wildman–Crippen LogP) is 1.89. The number of thiazole rings is 1. The van der Waals surface area contributed by atoms with Gasteiger partial charge >= 0.3 is 5.69 Å². The minimum atomic E-state index is -0.675. The Kier molecular flexibility index (Phi) is 3.20. The summed E-state index contributed by atoms with van der Waals surface area (Å²) in [4.78, 5) is 26.0. The number of hydrogen-bond donors (Lipinski definition) is 2. The number of nitrogen functional groups attached to an aromatic ring is 1. The van der Waals surface area contributed by atoms with Gasteiger partial charge in [-0.2, -0.15) is 0 Å². The van der Waals surface area contributed by atoms with Crippen LogP contribution in [0.3, 0.4) is 0 Å². The first-order chi connectivity index (χ1) is 8.59. The Morgan fingerprint density at radius 2 is 2.28 bits per heavy atom. The quantitative estimate of drug-likeness (QED) is 0.499. The normalized spacial score (nSPS) is 10.0. The summed E-state index contributed by atoms with van der Waals surface area (Å²) in [5, 5.41) is 15.4. The highest BCUT2D eigenvalue weighted by Gasteiger charge is 2.23. The van der Waals surface area contributed by atoms with Crippen LogP contribution in [0.5, 0.6) is 0 Å². The van der Waals surface area contributed by atoms with Crippen LogP contribution in [-0.2, 0) is 0 Å². The van der Waals surface area contributed by atoms with E-state index in [4.69, 9.17) is 5.73 Å². The van der Waals surface area contributed by atoms with Gasteiger partial charge in [-0.25, -0.2) is 4.98 Å². The molecular weight excluding hydrogens is 256 g/mol. The van der Waals surface area contributed by atoms with E-state index >= 15 is 0 Å². The van der Waals surface area contributed by atoms with Crippen LogP contribution in [0.2, 0.25) is 0 Å². The first-order valence-electron chi connectivity index (χ1n) is 4.83. The molecule has 1 heterocycles. The molecule has 0 unspecified atom stereocenters. The molecule has 3 N–H and O–H groups in total. The summed E-state index contributed by atoms with van der Waals surface area (Å²) in [6.07, 6.45) is 1.52. The molecule has 8 heteroatoms. The van der Waals surface area contributed by atoms with Gasteiger partial charge in [-0.1, -0.05) is 6.07 Å². The van der Waals surface area contributed by atoms with Gasteiger partial charge in [-0.3, -0.25) is 20.2 Å². The largest absolute Gasteiger partial charge is 0.393 e. The number of para-hydroxylation sites is 1. The third-order valence-electron chi connectivity index (χ3n) is 2.15. The van der Waals surface area contributed by atoms with E-state index in [0.29, 0.717) is 5.13 Å². The lowest BCUT2D eigenvalue weighted by Gasteiger charge is -2.04. The van der Waals surface area contributed by atoms with Crippen molar-refractivity contribution in [3.8, 4) is 0 Å². The van der Waals surface area contributed by atoms with Crippen LogP contribution < -0.4 is 11.1 Å².